The fourth-order valence-electron chi connectivity index (χ4n) is 1.69. The lowest BCUT2D eigenvalue weighted by Gasteiger charge is -2.01. The van der Waals surface area contributed by atoms with E-state index >= 15 is 0 Å². The first-order chi connectivity index (χ1) is 8.78. The average molecular weight is 265 g/mol. The molecule has 0 spiro atoms. The molecule has 4 nitrogen and oxygen atoms in total. The molecule has 1 N–H and O–H groups in total. The molecular formula is C13H17ClN4. The van der Waals surface area contributed by atoms with Gasteiger partial charge in [-0.15, -0.1) is 0 Å². The van der Waals surface area contributed by atoms with Crippen LogP contribution in [-0.2, 0) is 13.1 Å². The van der Waals surface area contributed by atoms with Crippen LogP contribution >= 0.6 is 11.6 Å². The second kappa shape index (κ2) is 6.52. The van der Waals surface area contributed by atoms with Crippen molar-refractivity contribution < 1.29 is 0 Å². The van der Waals surface area contributed by atoms with Crippen LogP contribution in [0, 0.1) is 0 Å². The summed E-state index contributed by atoms with van der Waals surface area (Å²) in [6, 6.07) is 7.78. The molecule has 0 atom stereocenters. The molecule has 0 fully saturated rings. The minimum Gasteiger partial charge on any atom is -0.310 e. The number of nitrogens with zero attached hydrogens (tertiary/aromatic N) is 3. The van der Waals surface area contributed by atoms with Gasteiger partial charge in [-0.05, 0) is 30.7 Å². The van der Waals surface area contributed by atoms with Crippen LogP contribution in [0.4, 0.5) is 0 Å². The maximum atomic E-state index is 5.95. The number of hydrogen-bond donors (Lipinski definition) is 1. The highest BCUT2D eigenvalue weighted by Crippen LogP contribution is 2.11. The van der Waals surface area contributed by atoms with E-state index in [9.17, 15) is 0 Å². The van der Waals surface area contributed by atoms with E-state index in [1.54, 1.807) is 6.33 Å². The molecule has 1 aromatic heterocycles. The predicted octanol–water partition coefficient (Wildman–Crippen LogP) is 2.48. The lowest BCUT2D eigenvalue weighted by molar-refractivity contribution is 0.625. The zero-order valence-electron chi connectivity index (χ0n) is 10.4. The second-order valence-corrected chi connectivity index (χ2v) is 4.60. The molecule has 0 aliphatic rings. The molecule has 18 heavy (non-hydrogen) atoms. The van der Waals surface area contributed by atoms with E-state index in [0.29, 0.717) is 6.54 Å². The Morgan fingerprint density at radius 3 is 3.06 bits per heavy atom. The SMILES string of the molecule is CCCNCc1ncn(Cc2cccc(Cl)c2)n1. The fraction of sp³-hybridized carbons (Fsp3) is 0.385. The maximum absolute atomic E-state index is 5.95. The highest BCUT2D eigenvalue weighted by molar-refractivity contribution is 6.30. The van der Waals surface area contributed by atoms with Gasteiger partial charge in [-0.1, -0.05) is 30.7 Å². The number of benzene rings is 1. The third-order valence-corrected chi connectivity index (χ3v) is 2.76. The fourth-order valence-corrected chi connectivity index (χ4v) is 1.90. The van der Waals surface area contributed by atoms with Crippen molar-refractivity contribution in [2.45, 2.75) is 26.4 Å². The molecule has 0 aliphatic heterocycles. The van der Waals surface area contributed by atoms with E-state index in [4.69, 9.17) is 11.6 Å². The summed E-state index contributed by atoms with van der Waals surface area (Å²) in [5.41, 5.74) is 1.13. The zero-order valence-corrected chi connectivity index (χ0v) is 11.2. The van der Waals surface area contributed by atoms with Crippen LogP contribution in [0.1, 0.15) is 24.7 Å². The normalized spacial score (nSPS) is 10.8. The van der Waals surface area contributed by atoms with Gasteiger partial charge in [0.2, 0.25) is 0 Å². The Labute approximate surface area is 112 Å². The van der Waals surface area contributed by atoms with Gasteiger partial charge < -0.3 is 5.32 Å². The van der Waals surface area contributed by atoms with Crippen molar-refractivity contribution in [1.29, 1.82) is 0 Å². The Kier molecular flexibility index (Phi) is 4.73. The zero-order chi connectivity index (χ0) is 12.8. The van der Waals surface area contributed by atoms with Crippen LogP contribution in [0.2, 0.25) is 5.02 Å². The van der Waals surface area contributed by atoms with Crippen molar-refractivity contribution >= 4 is 11.6 Å². The van der Waals surface area contributed by atoms with Crippen molar-refractivity contribution in [3.8, 4) is 0 Å². The molecule has 5 heteroatoms. The Morgan fingerprint density at radius 1 is 1.39 bits per heavy atom. The van der Waals surface area contributed by atoms with Crippen LogP contribution in [0.15, 0.2) is 30.6 Å². The van der Waals surface area contributed by atoms with Gasteiger partial charge >= 0.3 is 0 Å². The second-order valence-electron chi connectivity index (χ2n) is 4.17. The Balaban J connectivity index is 1.94. The number of halogens is 1. The molecule has 2 aromatic rings. The van der Waals surface area contributed by atoms with Crippen LogP contribution < -0.4 is 5.32 Å². The molecule has 96 valence electrons. The predicted molar refractivity (Wildman–Crippen MR) is 72.6 cm³/mol. The van der Waals surface area contributed by atoms with Gasteiger partial charge in [0, 0.05) is 5.02 Å². The van der Waals surface area contributed by atoms with Gasteiger partial charge in [-0.3, -0.25) is 0 Å². The van der Waals surface area contributed by atoms with E-state index in [-0.39, 0.29) is 0 Å². The van der Waals surface area contributed by atoms with Crippen molar-refractivity contribution in [2.75, 3.05) is 6.54 Å². The van der Waals surface area contributed by atoms with E-state index in [2.05, 4.69) is 22.3 Å². The minimum atomic E-state index is 0.696. The maximum Gasteiger partial charge on any atom is 0.164 e. The van der Waals surface area contributed by atoms with Crippen LogP contribution in [-0.4, -0.2) is 21.3 Å². The van der Waals surface area contributed by atoms with Crippen LogP contribution in [0.3, 0.4) is 0 Å². The van der Waals surface area contributed by atoms with Crippen molar-refractivity contribution in [2.24, 2.45) is 0 Å². The Hall–Kier alpha value is -1.39. The van der Waals surface area contributed by atoms with Crippen LogP contribution in [0.25, 0.3) is 0 Å². The molecule has 0 amide bonds. The first kappa shape index (κ1) is 13.1. The summed E-state index contributed by atoms with van der Waals surface area (Å²) in [7, 11) is 0. The van der Waals surface area contributed by atoms with Crippen molar-refractivity contribution in [1.82, 2.24) is 20.1 Å². The summed E-state index contributed by atoms with van der Waals surface area (Å²) in [4.78, 5) is 4.26. The summed E-state index contributed by atoms with van der Waals surface area (Å²) in [5, 5.41) is 8.43. The number of hydrogen-bond acceptors (Lipinski definition) is 3. The molecule has 0 unspecified atom stereocenters. The molecular weight excluding hydrogens is 248 g/mol. The molecule has 0 saturated carbocycles. The van der Waals surface area contributed by atoms with Gasteiger partial charge in [-0.25, -0.2) is 9.67 Å². The van der Waals surface area contributed by atoms with Gasteiger partial charge in [-0.2, -0.15) is 5.10 Å². The van der Waals surface area contributed by atoms with Gasteiger partial charge in [0.1, 0.15) is 6.33 Å². The average Bonchev–Trinajstić information content (AvgIpc) is 2.77. The van der Waals surface area contributed by atoms with Gasteiger partial charge in [0.25, 0.3) is 0 Å². The quantitative estimate of drug-likeness (QED) is 0.815. The highest BCUT2D eigenvalue weighted by Gasteiger charge is 2.01. The molecule has 1 heterocycles. The third-order valence-electron chi connectivity index (χ3n) is 2.53. The summed E-state index contributed by atoms with van der Waals surface area (Å²) in [6.07, 6.45) is 2.87. The van der Waals surface area contributed by atoms with E-state index < -0.39 is 0 Å². The van der Waals surface area contributed by atoms with E-state index in [1.165, 1.54) is 0 Å². The smallest absolute Gasteiger partial charge is 0.164 e. The molecule has 0 radical (unpaired) electrons. The first-order valence-electron chi connectivity index (χ1n) is 6.11. The summed E-state index contributed by atoms with van der Waals surface area (Å²) < 4.78 is 1.83. The molecule has 2 rings (SSSR count). The largest absolute Gasteiger partial charge is 0.310 e. The lowest BCUT2D eigenvalue weighted by Crippen LogP contribution is -2.15. The highest BCUT2D eigenvalue weighted by atomic mass is 35.5. The number of nitrogens with one attached hydrogen (secondary N) is 1. The van der Waals surface area contributed by atoms with Crippen molar-refractivity contribution in [3.05, 3.63) is 47.0 Å². The summed E-state index contributed by atoms with van der Waals surface area (Å²) in [5.74, 6) is 0.825. The topological polar surface area (TPSA) is 42.7 Å². The van der Waals surface area contributed by atoms with Crippen molar-refractivity contribution in [3.63, 3.8) is 0 Å². The van der Waals surface area contributed by atoms with E-state index in [0.717, 1.165) is 35.9 Å². The van der Waals surface area contributed by atoms with Crippen LogP contribution in [0.5, 0.6) is 0 Å². The molecule has 0 aliphatic carbocycles. The number of aromatic nitrogens is 3. The Bertz CT molecular complexity index is 495. The minimum absolute atomic E-state index is 0.696. The van der Waals surface area contributed by atoms with E-state index in [1.807, 2.05) is 28.9 Å². The third kappa shape index (κ3) is 3.82. The molecule has 1 aromatic carbocycles. The lowest BCUT2D eigenvalue weighted by atomic mass is 10.2. The summed E-state index contributed by atoms with van der Waals surface area (Å²) in [6.45, 7) is 4.54. The van der Waals surface area contributed by atoms with Gasteiger partial charge in [0.05, 0.1) is 13.1 Å². The Morgan fingerprint density at radius 2 is 2.28 bits per heavy atom. The molecule has 0 bridgehead atoms. The van der Waals surface area contributed by atoms with Gasteiger partial charge in [0.15, 0.2) is 5.82 Å². The summed E-state index contributed by atoms with van der Waals surface area (Å²) >= 11 is 5.95. The molecule has 0 saturated heterocycles. The monoisotopic (exact) mass is 264 g/mol. The number of rotatable bonds is 6. The first-order valence-corrected chi connectivity index (χ1v) is 6.49. The standard InChI is InChI=1S/C13H17ClN4/c1-2-6-15-8-13-16-10-18(17-13)9-11-4-3-5-12(14)7-11/h3-5,7,10,15H,2,6,8-9H2,1H3.